The van der Waals surface area contributed by atoms with Crippen LogP contribution in [0, 0.1) is 0 Å². The zero-order chi connectivity index (χ0) is 27.1. The molecule has 2 aliphatic heterocycles. The van der Waals surface area contributed by atoms with Gasteiger partial charge in [-0.15, -0.1) is 0 Å². The molecule has 2 aliphatic rings. The van der Waals surface area contributed by atoms with Gasteiger partial charge in [0.2, 0.25) is 5.91 Å². The zero-order valence-corrected chi connectivity index (χ0v) is 23.6. The van der Waals surface area contributed by atoms with Gasteiger partial charge < -0.3 is 24.8 Å². The maximum atomic E-state index is 13.6. The van der Waals surface area contributed by atoms with Gasteiger partial charge in [-0.05, 0) is 81.1 Å². The van der Waals surface area contributed by atoms with Gasteiger partial charge in [-0.1, -0.05) is 24.6 Å². The first-order chi connectivity index (χ1) is 18.4. The number of benzene rings is 2. The molecule has 2 aromatic rings. The Morgan fingerprint density at radius 3 is 2.53 bits per heavy atom. The van der Waals surface area contributed by atoms with Crippen LogP contribution in [0.15, 0.2) is 48.5 Å². The predicted molar refractivity (Wildman–Crippen MR) is 156 cm³/mol. The molecule has 2 amide bonds. The van der Waals surface area contributed by atoms with Crippen molar-refractivity contribution in [1.29, 1.82) is 0 Å². The molecular formula is C28H36ClN5O3S. The summed E-state index contributed by atoms with van der Waals surface area (Å²) >= 11 is 12.0. The molecule has 0 radical (unpaired) electrons. The van der Waals surface area contributed by atoms with Gasteiger partial charge in [-0.3, -0.25) is 14.5 Å². The molecule has 2 aromatic carbocycles. The van der Waals surface area contributed by atoms with E-state index in [4.69, 9.17) is 28.6 Å². The number of carbonyl (C=O) groups is 2. The number of halogens is 1. The van der Waals surface area contributed by atoms with Crippen LogP contribution in [0.2, 0.25) is 5.02 Å². The Hall–Kier alpha value is -2.72. The maximum Gasteiger partial charge on any atom is 0.256 e. The Bertz CT molecular complexity index is 1120. The number of amides is 2. The van der Waals surface area contributed by atoms with Crippen molar-refractivity contribution in [3.8, 4) is 5.75 Å². The fourth-order valence-electron chi connectivity index (χ4n) is 4.72. The van der Waals surface area contributed by atoms with E-state index in [-0.39, 0.29) is 18.2 Å². The molecule has 38 heavy (non-hydrogen) atoms. The van der Waals surface area contributed by atoms with Gasteiger partial charge in [0.15, 0.2) is 5.11 Å². The van der Waals surface area contributed by atoms with E-state index < -0.39 is 6.04 Å². The molecule has 2 fully saturated rings. The third-order valence-electron chi connectivity index (χ3n) is 6.84. The summed E-state index contributed by atoms with van der Waals surface area (Å²) in [5.41, 5.74) is 1.27. The topological polar surface area (TPSA) is 68.4 Å². The number of ether oxygens (including phenoxy) is 1. The molecule has 1 N–H and O–H groups in total. The summed E-state index contributed by atoms with van der Waals surface area (Å²) in [6.45, 7) is 8.37. The number of hydrogen-bond donors (Lipinski definition) is 1. The molecule has 0 aromatic heterocycles. The molecule has 4 rings (SSSR count). The number of thiocarbonyl (C=S) groups is 1. The zero-order valence-electron chi connectivity index (χ0n) is 22.1. The van der Waals surface area contributed by atoms with Crippen LogP contribution in [0.1, 0.15) is 26.2 Å². The number of piperazine rings is 1. The first-order valence-corrected chi connectivity index (χ1v) is 14.0. The predicted octanol–water partition coefficient (Wildman–Crippen LogP) is 4.10. The fourth-order valence-corrected chi connectivity index (χ4v) is 5.32. The van der Waals surface area contributed by atoms with Crippen LogP contribution < -0.4 is 15.0 Å². The second kappa shape index (κ2) is 13.4. The number of nitrogens with one attached hydrogen (secondary N) is 1. The quantitative estimate of drug-likeness (QED) is 0.417. The minimum atomic E-state index is -0.680. The van der Waals surface area contributed by atoms with Crippen LogP contribution in [0.4, 0.5) is 11.4 Å². The lowest BCUT2D eigenvalue weighted by Crippen LogP contribution is -2.45. The van der Waals surface area contributed by atoms with Gasteiger partial charge in [-0.25, -0.2) is 0 Å². The summed E-state index contributed by atoms with van der Waals surface area (Å²) in [6.07, 6.45) is 1.77. The summed E-state index contributed by atoms with van der Waals surface area (Å²) in [5, 5.41) is 3.84. The van der Waals surface area contributed by atoms with Crippen LogP contribution in [-0.4, -0.2) is 90.6 Å². The lowest BCUT2D eigenvalue weighted by atomic mass is 10.1. The molecule has 1 atom stereocenters. The fraction of sp³-hybridized carbons (Fsp3) is 0.464. The van der Waals surface area contributed by atoms with Crippen LogP contribution in [0.25, 0.3) is 0 Å². The summed E-state index contributed by atoms with van der Waals surface area (Å²) in [5.74, 6) is 0.297. The highest BCUT2D eigenvalue weighted by atomic mass is 35.5. The largest absolute Gasteiger partial charge is 0.494 e. The van der Waals surface area contributed by atoms with Crippen molar-refractivity contribution in [1.82, 2.24) is 14.7 Å². The Labute approximate surface area is 235 Å². The van der Waals surface area contributed by atoms with E-state index in [0.717, 1.165) is 51.3 Å². The Balaban J connectivity index is 1.43. The first-order valence-electron chi connectivity index (χ1n) is 13.2. The van der Waals surface area contributed by atoms with Crippen molar-refractivity contribution in [3.63, 3.8) is 0 Å². The van der Waals surface area contributed by atoms with E-state index in [1.807, 2.05) is 30.0 Å². The number of nitrogens with zero attached hydrogens (tertiary/aromatic N) is 4. The van der Waals surface area contributed by atoms with E-state index in [0.29, 0.717) is 34.7 Å². The summed E-state index contributed by atoms with van der Waals surface area (Å²) in [6, 6.07) is 13.7. The molecule has 0 bridgehead atoms. The van der Waals surface area contributed by atoms with E-state index in [9.17, 15) is 9.59 Å². The van der Waals surface area contributed by atoms with E-state index in [2.05, 4.69) is 22.2 Å². The van der Waals surface area contributed by atoms with Crippen molar-refractivity contribution in [2.24, 2.45) is 0 Å². The average Bonchev–Trinajstić information content (AvgIpc) is 3.13. The Kier molecular flexibility index (Phi) is 9.96. The van der Waals surface area contributed by atoms with Crippen LogP contribution in [-0.2, 0) is 9.59 Å². The highest BCUT2D eigenvalue weighted by Crippen LogP contribution is 2.29. The van der Waals surface area contributed by atoms with Gasteiger partial charge in [0.05, 0.1) is 18.7 Å². The second-order valence-electron chi connectivity index (χ2n) is 9.77. The number of hydrogen-bond acceptors (Lipinski definition) is 6. The molecule has 0 spiro atoms. The number of likely N-dealkylation sites (N-methyl/N-ethyl adjacent to an activating group) is 1. The Morgan fingerprint density at radius 1 is 1.11 bits per heavy atom. The minimum absolute atomic E-state index is 0.00135. The lowest BCUT2D eigenvalue weighted by molar-refractivity contribution is -0.124. The number of anilines is 2. The summed E-state index contributed by atoms with van der Waals surface area (Å²) in [7, 11) is 2.14. The molecule has 2 saturated heterocycles. The highest BCUT2D eigenvalue weighted by Gasteiger charge is 2.44. The van der Waals surface area contributed by atoms with Gasteiger partial charge in [0, 0.05) is 43.4 Å². The molecule has 2 heterocycles. The van der Waals surface area contributed by atoms with Crippen molar-refractivity contribution >= 4 is 52.1 Å². The monoisotopic (exact) mass is 557 g/mol. The van der Waals surface area contributed by atoms with Crippen molar-refractivity contribution in [2.75, 3.05) is 63.1 Å². The van der Waals surface area contributed by atoms with Crippen LogP contribution >= 0.6 is 23.8 Å². The van der Waals surface area contributed by atoms with Gasteiger partial charge in [0.25, 0.3) is 5.91 Å². The van der Waals surface area contributed by atoms with Crippen LogP contribution in [0.5, 0.6) is 5.75 Å². The number of rotatable bonds is 11. The van der Waals surface area contributed by atoms with E-state index in [1.165, 1.54) is 4.90 Å². The SMILES string of the molecule is CCCOc1ccc(NC(=O)C[C@H]2C(=O)N(c3cccc(Cl)c3)C(=S)N2CCCN2CCN(C)CC2)cc1. The standard InChI is InChI=1S/C28H36ClN5O3S/c1-3-18-37-24-10-8-22(9-11-24)30-26(35)20-25-27(36)34(23-7-4-6-21(29)19-23)28(38)33(25)13-5-12-32-16-14-31(2)15-17-32/h4,6-11,19,25H,3,5,12-18,20H2,1-2H3,(H,30,35)/t25-/m0/s1. The molecule has 8 nitrogen and oxygen atoms in total. The molecular weight excluding hydrogens is 522 g/mol. The average molecular weight is 558 g/mol. The smallest absolute Gasteiger partial charge is 0.256 e. The third kappa shape index (κ3) is 7.22. The van der Waals surface area contributed by atoms with E-state index in [1.54, 1.807) is 30.3 Å². The van der Waals surface area contributed by atoms with Gasteiger partial charge in [0.1, 0.15) is 11.8 Å². The highest BCUT2D eigenvalue weighted by molar-refractivity contribution is 7.80. The van der Waals surface area contributed by atoms with Gasteiger partial charge >= 0.3 is 0 Å². The summed E-state index contributed by atoms with van der Waals surface area (Å²) < 4.78 is 5.61. The van der Waals surface area contributed by atoms with E-state index >= 15 is 0 Å². The first kappa shape index (κ1) is 28.3. The van der Waals surface area contributed by atoms with Crippen molar-refractivity contribution in [3.05, 3.63) is 53.6 Å². The Morgan fingerprint density at radius 2 is 1.84 bits per heavy atom. The molecule has 0 aliphatic carbocycles. The third-order valence-corrected chi connectivity index (χ3v) is 7.50. The number of carbonyl (C=O) groups excluding carboxylic acids is 2. The maximum absolute atomic E-state index is 13.6. The summed E-state index contributed by atoms with van der Waals surface area (Å²) in [4.78, 5) is 34.8. The van der Waals surface area contributed by atoms with Crippen molar-refractivity contribution in [2.45, 2.75) is 32.2 Å². The second-order valence-corrected chi connectivity index (χ2v) is 10.6. The molecule has 0 unspecified atom stereocenters. The van der Waals surface area contributed by atoms with Gasteiger partial charge in [-0.2, -0.15) is 0 Å². The van der Waals surface area contributed by atoms with Crippen molar-refractivity contribution < 1.29 is 14.3 Å². The molecule has 0 saturated carbocycles. The minimum Gasteiger partial charge on any atom is -0.494 e. The normalized spacial score (nSPS) is 18.8. The molecule has 204 valence electrons. The molecule has 10 heteroatoms. The van der Waals surface area contributed by atoms with Crippen LogP contribution in [0.3, 0.4) is 0 Å². The lowest BCUT2D eigenvalue weighted by Gasteiger charge is -2.33.